The van der Waals surface area contributed by atoms with E-state index in [1.54, 1.807) is 11.8 Å². The number of carbonyl (C=O) groups is 1. The Labute approximate surface area is 145 Å². The first-order valence-corrected chi connectivity index (χ1v) is 8.37. The third kappa shape index (κ3) is 2.73. The number of aromatic nitrogens is 3. The Morgan fingerprint density at radius 1 is 1.32 bits per heavy atom. The van der Waals surface area contributed by atoms with Crippen molar-refractivity contribution < 1.29 is 9.53 Å². The van der Waals surface area contributed by atoms with Crippen LogP contribution < -0.4 is 10.1 Å². The average molecular weight is 336 g/mol. The molecule has 0 spiro atoms. The van der Waals surface area contributed by atoms with Crippen LogP contribution in [-0.4, -0.2) is 27.8 Å². The third-order valence-electron chi connectivity index (χ3n) is 4.58. The molecule has 1 saturated carbocycles. The number of methoxy groups -OCH3 is 1. The van der Waals surface area contributed by atoms with Crippen LogP contribution in [0.15, 0.2) is 30.3 Å². The number of anilines is 1. The lowest BCUT2D eigenvalue weighted by atomic mass is 10.1. The van der Waals surface area contributed by atoms with Gasteiger partial charge in [0.2, 0.25) is 0 Å². The van der Waals surface area contributed by atoms with Crippen molar-refractivity contribution in [3.05, 3.63) is 47.3 Å². The highest BCUT2D eigenvalue weighted by Gasteiger charge is 2.28. The maximum absolute atomic E-state index is 13.0. The number of hydrogen-bond acceptors (Lipinski definition) is 4. The number of nitrogens with zero attached hydrogens (tertiary/aromatic N) is 3. The largest absolute Gasteiger partial charge is 0.495 e. The fourth-order valence-corrected chi connectivity index (χ4v) is 3.17. The molecule has 1 N–H and O–H groups in total. The van der Waals surface area contributed by atoms with Gasteiger partial charge in [-0.15, -0.1) is 0 Å². The van der Waals surface area contributed by atoms with Crippen LogP contribution in [-0.2, 0) is 7.05 Å². The van der Waals surface area contributed by atoms with E-state index in [4.69, 9.17) is 9.72 Å². The summed E-state index contributed by atoms with van der Waals surface area (Å²) in [6.45, 7) is 1.90. The number of nitrogens with one attached hydrogen (secondary N) is 1. The van der Waals surface area contributed by atoms with Gasteiger partial charge in [0.1, 0.15) is 5.75 Å². The molecule has 0 bridgehead atoms. The van der Waals surface area contributed by atoms with Gasteiger partial charge in [-0.1, -0.05) is 12.1 Å². The van der Waals surface area contributed by atoms with Crippen LogP contribution >= 0.6 is 0 Å². The number of carbonyl (C=O) groups excluding carboxylic acids is 1. The van der Waals surface area contributed by atoms with E-state index in [-0.39, 0.29) is 5.91 Å². The number of para-hydroxylation sites is 2. The van der Waals surface area contributed by atoms with Gasteiger partial charge >= 0.3 is 0 Å². The summed E-state index contributed by atoms with van der Waals surface area (Å²) in [7, 11) is 3.45. The Morgan fingerprint density at radius 3 is 2.80 bits per heavy atom. The summed E-state index contributed by atoms with van der Waals surface area (Å²) in [4.78, 5) is 17.8. The van der Waals surface area contributed by atoms with Crippen LogP contribution in [0.5, 0.6) is 5.75 Å². The van der Waals surface area contributed by atoms with Gasteiger partial charge < -0.3 is 10.1 Å². The topological polar surface area (TPSA) is 69.0 Å². The molecule has 1 aliphatic rings. The summed E-state index contributed by atoms with van der Waals surface area (Å²) in [6.07, 6.45) is 2.26. The van der Waals surface area contributed by atoms with E-state index in [1.807, 2.05) is 44.3 Å². The number of hydrogen-bond donors (Lipinski definition) is 1. The summed E-state index contributed by atoms with van der Waals surface area (Å²) < 4.78 is 7.07. The van der Waals surface area contributed by atoms with Crippen molar-refractivity contribution >= 4 is 22.6 Å². The van der Waals surface area contributed by atoms with Gasteiger partial charge in [0.05, 0.1) is 29.4 Å². The zero-order valence-electron chi connectivity index (χ0n) is 14.5. The standard InChI is InChI=1S/C19H20N4O2/c1-11-17-13(19(24)21-14-6-4-5-7-16(14)25-3)10-15(12-8-9-12)20-18(17)23(2)22-11/h4-7,10,12H,8-9H2,1-3H3,(H,21,24). The fourth-order valence-electron chi connectivity index (χ4n) is 3.17. The van der Waals surface area contributed by atoms with Gasteiger partial charge in [0.15, 0.2) is 5.65 Å². The van der Waals surface area contributed by atoms with Gasteiger partial charge in [-0.25, -0.2) is 4.98 Å². The monoisotopic (exact) mass is 336 g/mol. The maximum atomic E-state index is 13.0. The van der Waals surface area contributed by atoms with E-state index >= 15 is 0 Å². The van der Waals surface area contributed by atoms with Gasteiger partial charge in [-0.05, 0) is 38.0 Å². The zero-order valence-corrected chi connectivity index (χ0v) is 14.5. The lowest BCUT2D eigenvalue weighted by Crippen LogP contribution is -2.14. The molecule has 2 aromatic heterocycles. The number of pyridine rings is 1. The predicted octanol–water partition coefficient (Wildman–Crippen LogP) is 3.42. The second kappa shape index (κ2) is 5.88. The molecular weight excluding hydrogens is 316 g/mol. The van der Waals surface area contributed by atoms with Crippen molar-refractivity contribution in [3.8, 4) is 5.75 Å². The molecule has 2 heterocycles. The Bertz CT molecular complexity index is 973. The molecule has 1 amide bonds. The SMILES string of the molecule is COc1ccccc1NC(=O)c1cc(C2CC2)nc2c1c(C)nn2C. The molecule has 25 heavy (non-hydrogen) atoms. The molecule has 1 aromatic carbocycles. The highest BCUT2D eigenvalue weighted by molar-refractivity contribution is 6.13. The molecule has 1 fully saturated rings. The van der Waals surface area contributed by atoms with Crippen molar-refractivity contribution in [2.75, 3.05) is 12.4 Å². The second-order valence-corrected chi connectivity index (χ2v) is 6.43. The van der Waals surface area contributed by atoms with E-state index in [2.05, 4.69) is 10.4 Å². The molecule has 0 radical (unpaired) electrons. The van der Waals surface area contributed by atoms with Crippen LogP contribution in [0.1, 0.15) is 40.5 Å². The van der Waals surface area contributed by atoms with Crippen LogP contribution in [0, 0.1) is 6.92 Å². The van der Waals surface area contributed by atoms with Gasteiger partial charge in [0.25, 0.3) is 5.91 Å². The smallest absolute Gasteiger partial charge is 0.256 e. The molecule has 0 aliphatic heterocycles. The molecule has 6 heteroatoms. The molecular formula is C19H20N4O2. The Morgan fingerprint density at radius 2 is 2.08 bits per heavy atom. The normalized spacial score (nSPS) is 13.9. The zero-order chi connectivity index (χ0) is 17.6. The fraction of sp³-hybridized carbons (Fsp3) is 0.316. The Hall–Kier alpha value is -2.89. The summed E-state index contributed by atoms with van der Waals surface area (Å²) in [5.74, 6) is 0.916. The van der Waals surface area contributed by atoms with E-state index < -0.39 is 0 Å². The number of fused-ring (bicyclic) bond motifs is 1. The number of benzene rings is 1. The lowest BCUT2D eigenvalue weighted by molar-refractivity contribution is 0.102. The van der Waals surface area contributed by atoms with Crippen molar-refractivity contribution in [2.45, 2.75) is 25.7 Å². The first kappa shape index (κ1) is 15.6. The molecule has 0 unspecified atom stereocenters. The summed E-state index contributed by atoms with van der Waals surface area (Å²) in [6, 6.07) is 9.30. The quantitative estimate of drug-likeness (QED) is 0.793. The van der Waals surface area contributed by atoms with Crippen molar-refractivity contribution in [2.24, 2.45) is 7.05 Å². The second-order valence-electron chi connectivity index (χ2n) is 6.43. The van der Waals surface area contributed by atoms with Crippen LogP contribution in [0.4, 0.5) is 5.69 Å². The average Bonchev–Trinajstić information content (AvgIpc) is 3.42. The van der Waals surface area contributed by atoms with Crippen molar-refractivity contribution in [3.63, 3.8) is 0 Å². The van der Waals surface area contributed by atoms with E-state index in [1.165, 1.54) is 0 Å². The van der Waals surface area contributed by atoms with E-state index in [9.17, 15) is 4.79 Å². The minimum atomic E-state index is -0.171. The first-order chi connectivity index (χ1) is 12.1. The third-order valence-corrected chi connectivity index (χ3v) is 4.58. The van der Waals surface area contributed by atoms with Gasteiger partial charge in [-0.3, -0.25) is 9.48 Å². The van der Waals surface area contributed by atoms with Crippen LogP contribution in [0.3, 0.4) is 0 Å². The van der Waals surface area contributed by atoms with Crippen molar-refractivity contribution in [1.29, 1.82) is 0 Å². The molecule has 4 rings (SSSR count). The number of aryl methyl sites for hydroxylation is 2. The summed E-state index contributed by atoms with van der Waals surface area (Å²) in [5.41, 5.74) is 3.79. The summed E-state index contributed by atoms with van der Waals surface area (Å²) >= 11 is 0. The lowest BCUT2D eigenvalue weighted by Gasteiger charge is -2.11. The maximum Gasteiger partial charge on any atom is 0.256 e. The summed E-state index contributed by atoms with van der Waals surface area (Å²) in [5, 5.41) is 8.21. The number of rotatable bonds is 4. The molecule has 6 nitrogen and oxygen atoms in total. The highest BCUT2D eigenvalue weighted by Crippen LogP contribution is 2.40. The number of ether oxygens (including phenoxy) is 1. The van der Waals surface area contributed by atoms with Gasteiger partial charge in [-0.2, -0.15) is 5.10 Å². The minimum absolute atomic E-state index is 0.171. The van der Waals surface area contributed by atoms with E-state index in [0.717, 1.165) is 35.3 Å². The van der Waals surface area contributed by atoms with Crippen LogP contribution in [0.25, 0.3) is 11.0 Å². The molecule has 0 saturated heterocycles. The highest BCUT2D eigenvalue weighted by atomic mass is 16.5. The van der Waals surface area contributed by atoms with Crippen LogP contribution in [0.2, 0.25) is 0 Å². The van der Waals surface area contributed by atoms with Crippen molar-refractivity contribution in [1.82, 2.24) is 14.8 Å². The number of amides is 1. The molecule has 128 valence electrons. The Balaban J connectivity index is 1.80. The predicted molar refractivity (Wildman–Crippen MR) is 96.2 cm³/mol. The molecule has 1 aliphatic carbocycles. The van der Waals surface area contributed by atoms with Gasteiger partial charge in [0, 0.05) is 18.7 Å². The van der Waals surface area contributed by atoms with E-state index in [0.29, 0.717) is 22.9 Å². The minimum Gasteiger partial charge on any atom is -0.495 e. The Kier molecular flexibility index (Phi) is 3.67. The molecule has 0 atom stereocenters. The first-order valence-electron chi connectivity index (χ1n) is 8.37. The molecule has 3 aromatic rings.